The summed E-state index contributed by atoms with van der Waals surface area (Å²) in [6.45, 7) is 17.1. The van der Waals surface area contributed by atoms with Gasteiger partial charge in [0.05, 0.1) is 38.6 Å². The first-order chi connectivity index (χ1) is 22.8. The third kappa shape index (κ3) is 10.0. The molecule has 0 radical (unpaired) electrons. The molecule has 0 amide bonds. The van der Waals surface area contributed by atoms with Gasteiger partial charge in [-0.15, -0.1) is 0 Å². The molecule has 3 aromatic rings. The summed E-state index contributed by atoms with van der Waals surface area (Å²) in [6.07, 6.45) is 2.01. The van der Waals surface area contributed by atoms with Crippen LogP contribution in [-0.4, -0.2) is 66.6 Å². The van der Waals surface area contributed by atoms with E-state index in [2.05, 4.69) is 95.3 Å². The van der Waals surface area contributed by atoms with Crippen LogP contribution in [0.1, 0.15) is 73.3 Å². The average Bonchev–Trinajstić information content (AvgIpc) is 3.05. The second kappa shape index (κ2) is 16.9. The fourth-order valence-electron chi connectivity index (χ4n) is 6.90. The zero-order chi connectivity index (χ0) is 34.8. The number of hydrogen-bond acceptors (Lipinski definition) is 7. The monoisotopic (exact) mass is 678 g/mol. The van der Waals surface area contributed by atoms with Gasteiger partial charge in [-0.05, 0) is 53.4 Å². The summed E-state index contributed by atoms with van der Waals surface area (Å²) < 4.78 is 43.3. The summed E-state index contributed by atoms with van der Waals surface area (Å²) in [4.78, 5) is 0. The number of rotatable bonds is 17. The minimum atomic E-state index is -2.64. The van der Waals surface area contributed by atoms with Crippen LogP contribution >= 0.6 is 0 Å². The van der Waals surface area contributed by atoms with Crippen LogP contribution in [0.2, 0.25) is 5.04 Å². The van der Waals surface area contributed by atoms with Gasteiger partial charge in [-0.25, -0.2) is 0 Å². The Hall–Kier alpha value is -2.56. The van der Waals surface area contributed by atoms with E-state index in [1.807, 2.05) is 38.1 Å². The van der Waals surface area contributed by atoms with Crippen molar-refractivity contribution in [3.8, 4) is 5.75 Å². The third-order valence-electron chi connectivity index (χ3n) is 9.24. The first-order valence-electron chi connectivity index (χ1n) is 17.2. The smallest absolute Gasteiger partial charge is 0.261 e. The molecule has 1 aliphatic heterocycles. The van der Waals surface area contributed by atoms with Crippen LogP contribution in [0.5, 0.6) is 5.75 Å². The molecule has 7 nitrogen and oxygen atoms in total. The molecule has 3 aromatic carbocycles. The van der Waals surface area contributed by atoms with Crippen LogP contribution < -0.4 is 15.1 Å². The Morgan fingerprint density at radius 1 is 0.812 bits per heavy atom. The molecule has 48 heavy (non-hydrogen) atoms. The highest BCUT2D eigenvalue weighted by atomic mass is 28.4. The molecule has 0 aromatic heterocycles. The summed E-state index contributed by atoms with van der Waals surface area (Å²) in [5.41, 5.74) is 0.791. The Morgan fingerprint density at radius 3 is 1.94 bits per heavy atom. The SMILES string of the molecule is COCOCC(C)(C)[C@H](C[C@H]1C[C@H](CCO[Si](c2ccccc2)(c2ccccc2)C(C)(C)C)OC(C)(C)O1)OCc1ccc(OC)cc1. The average molecular weight is 679 g/mol. The molecule has 1 heterocycles. The lowest BCUT2D eigenvalue weighted by atomic mass is 9.83. The molecule has 0 unspecified atom stereocenters. The molecule has 264 valence electrons. The van der Waals surface area contributed by atoms with Gasteiger partial charge < -0.3 is 32.8 Å². The molecule has 0 aliphatic carbocycles. The van der Waals surface area contributed by atoms with Crippen LogP contribution in [-0.2, 0) is 34.7 Å². The maximum Gasteiger partial charge on any atom is 0.261 e. The fourth-order valence-corrected chi connectivity index (χ4v) is 11.5. The van der Waals surface area contributed by atoms with Crippen LogP contribution in [0.25, 0.3) is 0 Å². The van der Waals surface area contributed by atoms with Crippen LogP contribution in [0.4, 0.5) is 0 Å². The van der Waals surface area contributed by atoms with Crippen molar-refractivity contribution in [1.82, 2.24) is 0 Å². The number of benzene rings is 3. The molecule has 0 N–H and O–H groups in total. The fraction of sp³-hybridized carbons (Fsp3) is 0.550. The predicted octanol–water partition coefficient (Wildman–Crippen LogP) is 7.49. The molecule has 0 saturated carbocycles. The molecule has 1 saturated heterocycles. The maximum absolute atomic E-state index is 7.22. The van der Waals surface area contributed by atoms with Crippen LogP contribution in [0.3, 0.4) is 0 Å². The minimum absolute atomic E-state index is 0.0212. The lowest BCUT2D eigenvalue weighted by Gasteiger charge is -2.45. The van der Waals surface area contributed by atoms with Crippen molar-refractivity contribution in [1.29, 1.82) is 0 Å². The predicted molar refractivity (Wildman–Crippen MR) is 194 cm³/mol. The molecule has 3 atom stereocenters. The van der Waals surface area contributed by atoms with E-state index in [9.17, 15) is 0 Å². The lowest BCUT2D eigenvalue weighted by molar-refractivity contribution is -0.306. The molecule has 1 fully saturated rings. The Balaban J connectivity index is 1.50. The van der Waals surface area contributed by atoms with Gasteiger partial charge in [-0.1, -0.05) is 107 Å². The highest BCUT2D eigenvalue weighted by Gasteiger charge is 2.50. The van der Waals surface area contributed by atoms with Gasteiger partial charge in [0.15, 0.2) is 5.79 Å². The third-order valence-corrected chi connectivity index (χ3v) is 14.3. The van der Waals surface area contributed by atoms with E-state index in [0.717, 1.165) is 24.2 Å². The Bertz CT molecular complexity index is 1320. The summed E-state index contributed by atoms with van der Waals surface area (Å²) in [5, 5.41) is 2.48. The molecule has 0 bridgehead atoms. The quantitative estimate of drug-likeness (QED) is 0.0833. The highest BCUT2D eigenvalue weighted by Crippen LogP contribution is 2.38. The Morgan fingerprint density at radius 2 is 1.40 bits per heavy atom. The van der Waals surface area contributed by atoms with Gasteiger partial charge in [0, 0.05) is 32.0 Å². The second-order valence-corrected chi connectivity index (χ2v) is 19.3. The van der Waals surface area contributed by atoms with Crippen molar-refractivity contribution in [3.63, 3.8) is 0 Å². The molecule has 4 rings (SSSR count). The Labute approximate surface area is 290 Å². The van der Waals surface area contributed by atoms with Crippen molar-refractivity contribution in [2.45, 2.75) is 103 Å². The van der Waals surface area contributed by atoms with Crippen molar-refractivity contribution < 1.29 is 32.8 Å². The zero-order valence-electron chi connectivity index (χ0n) is 30.6. The first-order valence-corrected chi connectivity index (χ1v) is 19.1. The summed E-state index contributed by atoms with van der Waals surface area (Å²) in [6, 6.07) is 29.6. The van der Waals surface area contributed by atoms with Gasteiger partial charge in [0.1, 0.15) is 12.5 Å². The highest BCUT2D eigenvalue weighted by molar-refractivity contribution is 6.99. The van der Waals surface area contributed by atoms with Gasteiger partial charge in [0.2, 0.25) is 0 Å². The summed E-state index contributed by atoms with van der Waals surface area (Å²) in [7, 11) is 0.672. The normalized spacial score (nSPS) is 19.2. The minimum Gasteiger partial charge on any atom is -0.497 e. The van der Waals surface area contributed by atoms with E-state index in [0.29, 0.717) is 26.2 Å². The van der Waals surface area contributed by atoms with E-state index < -0.39 is 14.1 Å². The Kier molecular flexibility index (Phi) is 13.5. The van der Waals surface area contributed by atoms with E-state index in [1.54, 1.807) is 14.2 Å². The van der Waals surface area contributed by atoms with Gasteiger partial charge >= 0.3 is 0 Å². The van der Waals surface area contributed by atoms with Crippen molar-refractivity contribution in [2.24, 2.45) is 5.41 Å². The molecular formula is C40H58O7Si. The van der Waals surface area contributed by atoms with E-state index in [4.69, 9.17) is 32.8 Å². The van der Waals surface area contributed by atoms with Crippen LogP contribution in [0, 0.1) is 5.41 Å². The molecular weight excluding hydrogens is 621 g/mol. The number of ether oxygens (including phenoxy) is 6. The topological polar surface area (TPSA) is 64.6 Å². The number of hydrogen-bond donors (Lipinski definition) is 0. The van der Waals surface area contributed by atoms with E-state index in [-0.39, 0.29) is 35.6 Å². The lowest BCUT2D eigenvalue weighted by Crippen LogP contribution is -2.66. The van der Waals surface area contributed by atoms with Gasteiger partial charge in [-0.3, -0.25) is 0 Å². The van der Waals surface area contributed by atoms with Crippen molar-refractivity contribution in [2.75, 3.05) is 34.2 Å². The first kappa shape index (κ1) is 38.2. The molecule has 0 spiro atoms. The number of methoxy groups -OCH3 is 2. The van der Waals surface area contributed by atoms with Crippen LogP contribution in [0.15, 0.2) is 84.9 Å². The van der Waals surface area contributed by atoms with E-state index in [1.165, 1.54) is 10.4 Å². The second-order valence-electron chi connectivity index (χ2n) is 15.0. The van der Waals surface area contributed by atoms with E-state index >= 15 is 0 Å². The summed E-state index contributed by atoms with van der Waals surface area (Å²) >= 11 is 0. The van der Waals surface area contributed by atoms with Gasteiger partial charge in [-0.2, -0.15) is 0 Å². The zero-order valence-corrected chi connectivity index (χ0v) is 31.6. The molecule has 1 aliphatic rings. The largest absolute Gasteiger partial charge is 0.497 e. The molecule has 8 heteroatoms. The van der Waals surface area contributed by atoms with Gasteiger partial charge in [0.25, 0.3) is 8.32 Å². The van der Waals surface area contributed by atoms with Crippen molar-refractivity contribution in [3.05, 3.63) is 90.5 Å². The summed E-state index contributed by atoms with van der Waals surface area (Å²) in [5.74, 6) is 0.0915. The standard InChI is InChI=1S/C40H58O7Si/c1-38(2,3)48(35-16-12-10-13-17-35,36-18-14-11-15-19-36)45-25-24-33-26-34(47-40(6,7)46-33)27-37(39(4,5)29-43-30-41-8)44-28-31-20-22-32(42-9)23-21-31/h10-23,33-34,37H,24-30H2,1-9H3/t33-,34+,37-/m0/s1. The van der Waals surface area contributed by atoms with Crippen molar-refractivity contribution >= 4 is 18.7 Å². The maximum atomic E-state index is 7.22.